The predicted octanol–water partition coefficient (Wildman–Crippen LogP) is 5.84. The summed E-state index contributed by atoms with van der Waals surface area (Å²) in [5.41, 5.74) is 7.78. The summed E-state index contributed by atoms with van der Waals surface area (Å²) in [4.78, 5) is 4.09. The lowest BCUT2D eigenvalue weighted by molar-refractivity contribution is 0.226. The standard InChI is InChI=1S/C13H14FN3O2.C7H9F.C2H6/c1-8(7-18-2)11(15)13-16-12(17-19-13)9-5-3-4-6-10(9)14;1-4-6(3)7(8)5-2;1-2/h3-6H,7,15H2,1-2H3;4-5H,1-2H2,3H3;1-2H3/b11-8+;7-6+;. The number of benzene rings is 1. The third-order valence-corrected chi connectivity index (χ3v) is 3.45. The van der Waals surface area contributed by atoms with Gasteiger partial charge in [-0.2, -0.15) is 4.98 Å². The number of aromatic nitrogens is 2. The minimum atomic E-state index is -0.411. The first-order valence-electron chi connectivity index (χ1n) is 9.00. The average molecular weight is 405 g/mol. The van der Waals surface area contributed by atoms with Crippen molar-refractivity contribution < 1.29 is 18.0 Å². The van der Waals surface area contributed by atoms with Crippen LogP contribution in [0.3, 0.4) is 0 Å². The van der Waals surface area contributed by atoms with Gasteiger partial charge in [-0.15, -0.1) is 0 Å². The van der Waals surface area contributed by atoms with Crippen molar-refractivity contribution in [3.8, 4) is 11.4 Å². The van der Waals surface area contributed by atoms with Gasteiger partial charge in [0.1, 0.15) is 11.6 Å². The molecule has 0 bridgehead atoms. The van der Waals surface area contributed by atoms with E-state index < -0.39 is 5.82 Å². The number of hydrogen-bond donors (Lipinski definition) is 1. The summed E-state index contributed by atoms with van der Waals surface area (Å²) >= 11 is 0. The van der Waals surface area contributed by atoms with E-state index in [2.05, 4.69) is 23.3 Å². The maximum absolute atomic E-state index is 13.6. The highest BCUT2D eigenvalue weighted by molar-refractivity contribution is 5.62. The van der Waals surface area contributed by atoms with Gasteiger partial charge in [0.05, 0.1) is 17.9 Å². The van der Waals surface area contributed by atoms with Gasteiger partial charge in [0.2, 0.25) is 5.82 Å². The lowest BCUT2D eigenvalue weighted by atomic mass is 10.2. The molecule has 1 aromatic heterocycles. The minimum absolute atomic E-state index is 0.160. The highest BCUT2D eigenvalue weighted by Gasteiger charge is 2.15. The number of allylic oxidation sites excluding steroid dienone is 4. The Kier molecular flexibility index (Phi) is 12.5. The van der Waals surface area contributed by atoms with Crippen molar-refractivity contribution in [1.29, 1.82) is 0 Å². The molecule has 0 atom stereocenters. The molecular formula is C22H29F2N3O2. The van der Waals surface area contributed by atoms with Gasteiger partial charge in [-0.25, -0.2) is 8.78 Å². The van der Waals surface area contributed by atoms with Crippen LogP contribution in [0.15, 0.2) is 71.1 Å². The summed E-state index contributed by atoms with van der Waals surface area (Å²) in [7, 11) is 1.56. The SMILES string of the molecule is C=C/C(C)=C(/F)C=C.CC.COC/C(C)=C(/N)c1nc(-c2ccccc2F)no1. The smallest absolute Gasteiger partial charge is 0.274 e. The van der Waals surface area contributed by atoms with Crippen LogP contribution in [0.2, 0.25) is 0 Å². The van der Waals surface area contributed by atoms with Crippen LogP contribution in [0, 0.1) is 5.82 Å². The van der Waals surface area contributed by atoms with Crippen molar-refractivity contribution >= 4 is 5.70 Å². The van der Waals surface area contributed by atoms with Gasteiger partial charge < -0.3 is 15.0 Å². The van der Waals surface area contributed by atoms with Crippen molar-refractivity contribution in [2.24, 2.45) is 5.73 Å². The molecular weight excluding hydrogens is 376 g/mol. The zero-order valence-electron chi connectivity index (χ0n) is 17.6. The van der Waals surface area contributed by atoms with E-state index in [1.807, 2.05) is 13.8 Å². The molecule has 1 heterocycles. The number of hydrogen-bond acceptors (Lipinski definition) is 5. The molecule has 0 saturated carbocycles. The summed E-state index contributed by atoms with van der Waals surface area (Å²) in [6.45, 7) is 14.4. The lowest BCUT2D eigenvalue weighted by Crippen LogP contribution is -2.04. The Morgan fingerprint density at radius 2 is 1.83 bits per heavy atom. The summed E-state index contributed by atoms with van der Waals surface area (Å²) < 4.78 is 35.8. The second-order valence-corrected chi connectivity index (χ2v) is 5.47. The first kappa shape index (κ1) is 25.9. The third-order valence-electron chi connectivity index (χ3n) is 3.45. The van der Waals surface area contributed by atoms with Crippen LogP contribution in [-0.4, -0.2) is 23.9 Å². The van der Waals surface area contributed by atoms with Gasteiger partial charge >= 0.3 is 0 Å². The molecule has 158 valence electrons. The first-order chi connectivity index (χ1) is 13.8. The van der Waals surface area contributed by atoms with Gasteiger partial charge in [0.25, 0.3) is 5.89 Å². The van der Waals surface area contributed by atoms with Crippen molar-refractivity contribution in [3.63, 3.8) is 0 Å². The Morgan fingerprint density at radius 3 is 2.31 bits per heavy atom. The third kappa shape index (κ3) is 8.23. The van der Waals surface area contributed by atoms with Crippen LogP contribution < -0.4 is 5.73 Å². The van der Waals surface area contributed by atoms with Crippen molar-refractivity contribution in [2.45, 2.75) is 27.7 Å². The van der Waals surface area contributed by atoms with Crippen LogP contribution in [-0.2, 0) is 4.74 Å². The van der Waals surface area contributed by atoms with E-state index in [1.54, 1.807) is 39.2 Å². The van der Waals surface area contributed by atoms with E-state index in [0.717, 1.165) is 11.6 Å². The largest absolute Gasteiger partial charge is 0.394 e. The van der Waals surface area contributed by atoms with E-state index in [4.69, 9.17) is 15.0 Å². The molecule has 0 saturated heterocycles. The number of nitrogens with two attached hydrogens (primary N) is 1. The zero-order valence-corrected chi connectivity index (χ0v) is 17.6. The van der Waals surface area contributed by atoms with E-state index in [-0.39, 0.29) is 23.1 Å². The molecule has 0 aliphatic heterocycles. The Morgan fingerprint density at radius 1 is 1.21 bits per heavy atom. The summed E-state index contributed by atoms with van der Waals surface area (Å²) in [5, 5.41) is 3.73. The molecule has 0 unspecified atom stereocenters. The number of halogens is 2. The molecule has 2 aromatic rings. The highest BCUT2D eigenvalue weighted by atomic mass is 19.1. The second kappa shape index (κ2) is 14.0. The molecule has 2 N–H and O–H groups in total. The molecule has 0 fully saturated rings. The Hall–Kier alpha value is -3.06. The molecule has 5 nitrogen and oxygen atoms in total. The predicted molar refractivity (Wildman–Crippen MR) is 114 cm³/mol. The fourth-order valence-electron chi connectivity index (χ4n) is 1.82. The Bertz CT molecular complexity index is 839. The molecule has 0 aliphatic rings. The first-order valence-corrected chi connectivity index (χ1v) is 9.00. The Balaban J connectivity index is 0.000000664. The van der Waals surface area contributed by atoms with Crippen molar-refractivity contribution in [3.05, 3.63) is 78.3 Å². The summed E-state index contributed by atoms with van der Waals surface area (Å²) in [5.74, 6) is -0.389. The number of ether oxygens (including phenoxy) is 1. The van der Waals surface area contributed by atoms with E-state index in [0.29, 0.717) is 17.9 Å². The fraction of sp³-hybridized carbons (Fsp3) is 0.273. The maximum Gasteiger partial charge on any atom is 0.274 e. The van der Waals surface area contributed by atoms with Gasteiger partial charge in [-0.05, 0) is 43.2 Å². The van der Waals surface area contributed by atoms with Gasteiger partial charge in [0.15, 0.2) is 0 Å². The average Bonchev–Trinajstić information content (AvgIpc) is 3.24. The number of methoxy groups -OCH3 is 1. The van der Waals surface area contributed by atoms with E-state index in [9.17, 15) is 8.78 Å². The molecule has 29 heavy (non-hydrogen) atoms. The van der Waals surface area contributed by atoms with E-state index in [1.165, 1.54) is 12.1 Å². The molecule has 1 aromatic carbocycles. The topological polar surface area (TPSA) is 74.2 Å². The number of nitrogens with zero attached hydrogens (tertiary/aromatic N) is 2. The Labute approximate surface area is 171 Å². The molecule has 0 spiro atoms. The molecule has 0 amide bonds. The molecule has 2 rings (SSSR count). The lowest BCUT2D eigenvalue weighted by Gasteiger charge is -2.01. The fourth-order valence-corrected chi connectivity index (χ4v) is 1.82. The minimum Gasteiger partial charge on any atom is -0.394 e. The van der Waals surface area contributed by atoms with Crippen LogP contribution in [0.5, 0.6) is 0 Å². The summed E-state index contributed by atoms with van der Waals surface area (Å²) in [6, 6.07) is 6.20. The zero-order chi connectivity index (χ0) is 22.4. The van der Waals surface area contributed by atoms with Gasteiger partial charge in [0, 0.05) is 7.11 Å². The van der Waals surface area contributed by atoms with Crippen LogP contribution in [0.25, 0.3) is 17.1 Å². The highest BCUT2D eigenvalue weighted by Crippen LogP contribution is 2.21. The van der Waals surface area contributed by atoms with E-state index >= 15 is 0 Å². The number of rotatable bonds is 6. The van der Waals surface area contributed by atoms with Crippen LogP contribution >= 0.6 is 0 Å². The normalized spacial score (nSPS) is 11.7. The summed E-state index contributed by atoms with van der Waals surface area (Å²) in [6.07, 6.45) is 2.62. The van der Waals surface area contributed by atoms with Crippen LogP contribution in [0.4, 0.5) is 8.78 Å². The molecule has 0 radical (unpaired) electrons. The molecule has 0 aliphatic carbocycles. The quantitative estimate of drug-likeness (QED) is 0.611. The van der Waals surface area contributed by atoms with Crippen molar-refractivity contribution in [2.75, 3.05) is 13.7 Å². The monoisotopic (exact) mass is 405 g/mol. The second-order valence-electron chi connectivity index (χ2n) is 5.47. The molecule has 7 heteroatoms. The maximum atomic E-state index is 13.6. The van der Waals surface area contributed by atoms with Gasteiger partial charge in [-0.1, -0.05) is 50.4 Å². The van der Waals surface area contributed by atoms with Crippen molar-refractivity contribution in [1.82, 2.24) is 10.1 Å². The van der Waals surface area contributed by atoms with Crippen LogP contribution in [0.1, 0.15) is 33.6 Å². The van der Waals surface area contributed by atoms with Gasteiger partial charge in [-0.3, -0.25) is 0 Å².